The minimum Gasteiger partial charge on any atom is -0.493 e. The Hall–Kier alpha value is -4.34. The Kier molecular flexibility index (Phi) is 16.6. The van der Waals surface area contributed by atoms with Crippen molar-refractivity contribution in [1.29, 1.82) is 0 Å². The van der Waals surface area contributed by atoms with Gasteiger partial charge < -0.3 is 15.4 Å². The molecule has 9 heteroatoms. The SMILES string of the molecule is C=C(/C=C/c1ccccn1)c1ccc(C)cc1.CNC.CNC(=O)c1c(C)cccc1OCCCC(=O)NOF. The fourth-order valence-corrected chi connectivity index (χ4v) is 3.21. The van der Waals surface area contributed by atoms with E-state index in [2.05, 4.69) is 58.4 Å². The number of hydroxylamine groups is 1. The number of rotatable bonds is 10. The number of ether oxygens (including phenoxy) is 1. The monoisotopic (exact) mass is 550 g/mol. The first-order valence-electron chi connectivity index (χ1n) is 12.7. The molecule has 3 aromatic rings. The van der Waals surface area contributed by atoms with E-state index in [0.29, 0.717) is 17.7 Å². The summed E-state index contributed by atoms with van der Waals surface area (Å²) in [6.45, 7) is 8.17. The van der Waals surface area contributed by atoms with E-state index in [1.165, 1.54) is 5.56 Å². The summed E-state index contributed by atoms with van der Waals surface area (Å²) in [5.41, 5.74) is 7.17. The van der Waals surface area contributed by atoms with Crippen LogP contribution in [-0.2, 0) is 9.84 Å². The first-order valence-corrected chi connectivity index (χ1v) is 12.7. The van der Waals surface area contributed by atoms with E-state index in [-0.39, 0.29) is 18.9 Å². The predicted molar refractivity (Wildman–Crippen MR) is 158 cm³/mol. The van der Waals surface area contributed by atoms with E-state index in [0.717, 1.165) is 22.4 Å². The maximum Gasteiger partial charge on any atom is 0.255 e. The number of halogens is 1. The van der Waals surface area contributed by atoms with Crippen molar-refractivity contribution in [2.45, 2.75) is 26.7 Å². The van der Waals surface area contributed by atoms with Gasteiger partial charge in [0.1, 0.15) is 5.75 Å². The number of aryl methyl sites for hydroxylation is 2. The van der Waals surface area contributed by atoms with E-state index in [9.17, 15) is 14.1 Å². The summed E-state index contributed by atoms with van der Waals surface area (Å²) in [5.74, 6) is -0.361. The van der Waals surface area contributed by atoms with E-state index in [1.54, 1.807) is 30.9 Å². The quantitative estimate of drug-likeness (QED) is 0.178. The third-order valence-corrected chi connectivity index (χ3v) is 5.21. The number of nitrogens with one attached hydrogen (secondary N) is 3. The van der Waals surface area contributed by atoms with Crippen LogP contribution in [0.15, 0.2) is 79.5 Å². The Morgan fingerprint density at radius 1 is 1.00 bits per heavy atom. The molecule has 2 amide bonds. The molecule has 0 aliphatic carbocycles. The third-order valence-electron chi connectivity index (χ3n) is 5.21. The maximum atomic E-state index is 11.8. The second-order valence-corrected chi connectivity index (χ2v) is 8.56. The van der Waals surface area contributed by atoms with E-state index >= 15 is 0 Å². The average Bonchev–Trinajstić information content (AvgIpc) is 2.95. The lowest BCUT2D eigenvalue weighted by atomic mass is 10.1. The van der Waals surface area contributed by atoms with Gasteiger partial charge in [0.15, 0.2) is 0 Å². The van der Waals surface area contributed by atoms with Gasteiger partial charge in [-0.3, -0.25) is 14.6 Å². The molecule has 0 fully saturated rings. The van der Waals surface area contributed by atoms with Gasteiger partial charge in [0.2, 0.25) is 5.91 Å². The number of carbonyl (C=O) groups excluding carboxylic acids is 2. The summed E-state index contributed by atoms with van der Waals surface area (Å²) in [5, 5.41) is 8.30. The molecular weight excluding hydrogens is 511 g/mol. The zero-order valence-electron chi connectivity index (χ0n) is 23.8. The molecule has 3 rings (SSSR count). The van der Waals surface area contributed by atoms with Crippen LogP contribution >= 0.6 is 0 Å². The maximum absolute atomic E-state index is 11.8. The van der Waals surface area contributed by atoms with Crippen LogP contribution in [0.1, 0.15) is 45.6 Å². The molecule has 2 aromatic carbocycles. The predicted octanol–water partition coefficient (Wildman–Crippen LogP) is 5.40. The van der Waals surface area contributed by atoms with Crippen LogP contribution in [0.4, 0.5) is 4.53 Å². The van der Waals surface area contributed by atoms with E-state index in [4.69, 9.17) is 4.74 Å². The molecule has 0 aliphatic heterocycles. The number of pyridine rings is 1. The first kappa shape index (κ1) is 33.7. The Morgan fingerprint density at radius 2 is 1.70 bits per heavy atom. The largest absolute Gasteiger partial charge is 0.493 e. The highest BCUT2D eigenvalue weighted by Gasteiger charge is 2.14. The number of nitrogens with zero attached hydrogens (tertiary/aromatic N) is 1. The van der Waals surface area contributed by atoms with Gasteiger partial charge in [-0.15, -0.1) is 0 Å². The minimum atomic E-state index is -0.577. The number of carbonyl (C=O) groups is 2. The van der Waals surface area contributed by atoms with Crippen molar-refractivity contribution in [2.24, 2.45) is 0 Å². The van der Waals surface area contributed by atoms with Gasteiger partial charge in [0.25, 0.3) is 5.91 Å². The molecule has 0 spiro atoms. The lowest BCUT2D eigenvalue weighted by Crippen LogP contribution is -2.21. The van der Waals surface area contributed by atoms with Gasteiger partial charge in [-0.1, -0.05) is 65.7 Å². The minimum absolute atomic E-state index is 0.0606. The summed E-state index contributed by atoms with van der Waals surface area (Å²) in [6, 6.07) is 19.5. The molecule has 0 radical (unpaired) electrons. The molecule has 0 saturated heterocycles. The van der Waals surface area contributed by atoms with Crippen LogP contribution in [0.2, 0.25) is 0 Å². The molecule has 0 unspecified atom stereocenters. The highest BCUT2D eigenvalue weighted by molar-refractivity contribution is 5.98. The number of benzene rings is 2. The van der Waals surface area contributed by atoms with Crippen LogP contribution < -0.4 is 20.9 Å². The van der Waals surface area contributed by atoms with Crippen molar-refractivity contribution in [3.63, 3.8) is 0 Å². The third kappa shape index (κ3) is 12.9. The molecule has 0 atom stereocenters. The average molecular weight is 551 g/mol. The second-order valence-electron chi connectivity index (χ2n) is 8.56. The number of amides is 2. The van der Waals surface area contributed by atoms with Gasteiger partial charge in [-0.25, -0.2) is 0 Å². The molecular formula is C31H39FN4O4. The van der Waals surface area contributed by atoms with Crippen molar-refractivity contribution in [1.82, 2.24) is 21.1 Å². The Labute approximate surface area is 236 Å². The van der Waals surface area contributed by atoms with Crippen LogP contribution in [0.5, 0.6) is 5.75 Å². The number of hydrogen-bond donors (Lipinski definition) is 3. The van der Waals surface area contributed by atoms with Crippen LogP contribution in [0, 0.1) is 13.8 Å². The topological polar surface area (TPSA) is 102 Å². The van der Waals surface area contributed by atoms with Crippen molar-refractivity contribution in [3.05, 3.63) is 107 Å². The Balaban J connectivity index is 0.000000367. The van der Waals surface area contributed by atoms with Crippen LogP contribution in [0.3, 0.4) is 0 Å². The zero-order chi connectivity index (χ0) is 29.8. The molecule has 8 nitrogen and oxygen atoms in total. The molecule has 3 N–H and O–H groups in total. The van der Waals surface area contributed by atoms with Gasteiger partial charge in [0.05, 0.1) is 17.9 Å². The summed E-state index contributed by atoms with van der Waals surface area (Å²) < 4.78 is 16.8. The fraction of sp³-hybridized carbons (Fsp3) is 0.258. The van der Waals surface area contributed by atoms with Crippen molar-refractivity contribution < 1.29 is 23.9 Å². The highest BCUT2D eigenvalue weighted by Crippen LogP contribution is 2.22. The molecule has 40 heavy (non-hydrogen) atoms. The van der Waals surface area contributed by atoms with Gasteiger partial charge >= 0.3 is 0 Å². The fourth-order valence-electron chi connectivity index (χ4n) is 3.21. The molecule has 0 bridgehead atoms. The molecule has 214 valence electrons. The second kappa shape index (κ2) is 19.7. The zero-order valence-corrected chi connectivity index (χ0v) is 23.8. The van der Waals surface area contributed by atoms with Crippen molar-refractivity contribution >= 4 is 23.5 Å². The lowest BCUT2D eigenvalue weighted by molar-refractivity contribution is -0.198. The smallest absolute Gasteiger partial charge is 0.255 e. The Morgan fingerprint density at radius 3 is 2.30 bits per heavy atom. The lowest BCUT2D eigenvalue weighted by Gasteiger charge is -2.12. The normalized spacial score (nSPS) is 9.95. The highest BCUT2D eigenvalue weighted by atomic mass is 19.3. The van der Waals surface area contributed by atoms with Crippen molar-refractivity contribution in [3.8, 4) is 5.75 Å². The summed E-state index contributed by atoms with van der Waals surface area (Å²) in [7, 11) is 5.29. The van der Waals surface area contributed by atoms with Crippen LogP contribution in [0.25, 0.3) is 11.6 Å². The summed E-state index contributed by atoms with van der Waals surface area (Å²) >= 11 is 0. The summed E-state index contributed by atoms with van der Waals surface area (Å²) in [4.78, 5) is 26.9. The summed E-state index contributed by atoms with van der Waals surface area (Å²) in [6.07, 6.45) is 6.19. The first-order chi connectivity index (χ1) is 19.3. The number of allylic oxidation sites excluding steroid dienone is 2. The molecule has 1 heterocycles. The van der Waals surface area contributed by atoms with Gasteiger partial charge in [-0.2, -0.15) is 5.48 Å². The molecule has 0 saturated carbocycles. The standard InChI is InChI=1S/C16H15N.C13H17FN2O4.C2H7N/c1-13-6-9-15(10-7-13)14(2)8-11-16-5-3-4-12-17-16;1-9-5-3-6-10(12(9)13(18)15-2)19-8-4-7-11(17)16-20-14;1-3-2/h3-12H,2H2,1H3;3,5-6H,4,7-8H2,1-2H3,(H,15,18)(H,16,17);3H,1-2H3/b11-8+;;. The van der Waals surface area contributed by atoms with E-state index in [1.807, 2.05) is 57.4 Å². The van der Waals surface area contributed by atoms with Gasteiger partial charge in [0, 0.05) is 19.7 Å². The van der Waals surface area contributed by atoms with Gasteiger partial charge in [-0.05, 0) is 79.9 Å². The van der Waals surface area contributed by atoms with E-state index < -0.39 is 5.91 Å². The molecule has 1 aromatic heterocycles. The molecule has 0 aliphatic rings. The van der Waals surface area contributed by atoms with Crippen LogP contribution in [-0.4, -0.2) is 44.5 Å². The Bertz CT molecular complexity index is 1220. The number of hydrogen-bond acceptors (Lipinski definition) is 6. The number of aromatic nitrogens is 1. The van der Waals surface area contributed by atoms with Crippen molar-refractivity contribution in [2.75, 3.05) is 27.7 Å².